The summed E-state index contributed by atoms with van der Waals surface area (Å²) < 4.78 is 49.2. The molecule has 0 saturated carbocycles. The standard InChI is InChI=1S/C17H29F2NO7/c1-11(2)9-12(26-10-25-8-7-24-6)17(18,19)13(14(21)22)20-15(23)27-16(3,4)5/h9,11,13H,7-8,10H2,1-6H3,(H,20,23)(H,21,22)/b12-9-. The predicted octanol–water partition coefficient (Wildman–Crippen LogP) is 2.78. The fourth-order valence-electron chi connectivity index (χ4n) is 1.74. The van der Waals surface area contributed by atoms with Gasteiger partial charge in [0.1, 0.15) is 5.60 Å². The second-order valence-corrected chi connectivity index (χ2v) is 6.98. The number of carboxylic acids is 1. The number of halogens is 2. The third-order valence-corrected chi connectivity index (χ3v) is 2.81. The summed E-state index contributed by atoms with van der Waals surface area (Å²) in [7, 11) is 1.45. The van der Waals surface area contributed by atoms with Crippen LogP contribution in [0.3, 0.4) is 0 Å². The van der Waals surface area contributed by atoms with Crippen LogP contribution in [0.1, 0.15) is 34.6 Å². The van der Waals surface area contributed by atoms with Crippen molar-refractivity contribution in [1.29, 1.82) is 0 Å². The van der Waals surface area contributed by atoms with E-state index in [4.69, 9.17) is 18.9 Å². The van der Waals surface area contributed by atoms with Crippen LogP contribution in [0, 0.1) is 5.92 Å². The molecule has 158 valence electrons. The smallest absolute Gasteiger partial charge is 0.408 e. The van der Waals surface area contributed by atoms with Gasteiger partial charge in [-0.15, -0.1) is 0 Å². The maximum atomic E-state index is 14.8. The molecule has 0 bridgehead atoms. The maximum Gasteiger partial charge on any atom is 0.408 e. The van der Waals surface area contributed by atoms with Crippen LogP contribution in [0.4, 0.5) is 13.6 Å². The minimum atomic E-state index is -4.04. The summed E-state index contributed by atoms with van der Waals surface area (Å²) in [6, 6.07) is -2.59. The highest BCUT2D eigenvalue weighted by Gasteiger charge is 2.51. The molecule has 27 heavy (non-hydrogen) atoms. The number of hydrogen-bond acceptors (Lipinski definition) is 6. The molecule has 8 nitrogen and oxygen atoms in total. The number of amides is 1. The Morgan fingerprint density at radius 3 is 2.22 bits per heavy atom. The van der Waals surface area contributed by atoms with Crippen molar-refractivity contribution in [3.8, 4) is 0 Å². The van der Waals surface area contributed by atoms with Gasteiger partial charge in [0.05, 0.1) is 13.2 Å². The fraction of sp³-hybridized carbons (Fsp3) is 0.765. The van der Waals surface area contributed by atoms with Crippen LogP contribution in [0.2, 0.25) is 0 Å². The van der Waals surface area contributed by atoms with Crippen LogP contribution in [0.25, 0.3) is 0 Å². The van der Waals surface area contributed by atoms with E-state index < -0.39 is 42.2 Å². The first kappa shape index (κ1) is 25.1. The molecule has 1 amide bonds. The van der Waals surface area contributed by atoms with E-state index in [-0.39, 0.29) is 19.1 Å². The predicted molar refractivity (Wildman–Crippen MR) is 92.4 cm³/mol. The van der Waals surface area contributed by atoms with Gasteiger partial charge >= 0.3 is 18.0 Å². The lowest BCUT2D eigenvalue weighted by atomic mass is 10.0. The fourth-order valence-corrected chi connectivity index (χ4v) is 1.74. The first-order valence-corrected chi connectivity index (χ1v) is 8.33. The van der Waals surface area contributed by atoms with Crippen LogP contribution < -0.4 is 5.32 Å². The third-order valence-electron chi connectivity index (χ3n) is 2.81. The van der Waals surface area contributed by atoms with E-state index in [1.807, 2.05) is 0 Å². The topological polar surface area (TPSA) is 103 Å². The summed E-state index contributed by atoms with van der Waals surface area (Å²) in [6.45, 7) is 7.60. The molecule has 0 aliphatic rings. The van der Waals surface area contributed by atoms with E-state index in [2.05, 4.69) is 0 Å². The molecule has 0 aliphatic heterocycles. The Labute approximate surface area is 157 Å². The van der Waals surface area contributed by atoms with E-state index in [1.165, 1.54) is 27.9 Å². The maximum absolute atomic E-state index is 14.8. The highest BCUT2D eigenvalue weighted by atomic mass is 19.3. The zero-order valence-electron chi connectivity index (χ0n) is 16.5. The highest BCUT2D eigenvalue weighted by Crippen LogP contribution is 2.31. The highest BCUT2D eigenvalue weighted by molar-refractivity contribution is 5.81. The van der Waals surface area contributed by atoms with Gasteiger partial charge in [-0.3, -0.25) is 0 Å². The number of nitrogens with one attached hydrogen (secondary N) is 1. The van der Waals surface area contributed by atoms with Crippen LogP contribution in [-0.2, 0) is 23.7 Å². The number of carboxylic acid groups (broad SMARTS) is 1. The van der Waals surface area contributed by atoms with Gasteiger partial charge in [-0.05, 0) is 32.8 Å². The van der Waals surface area contributed by atoms with Crippen molar-refractivity contribution in [2.45, 2.75) is 52.2 Å². The molecule has 0 aromatic rings. The number of carbonyl (C=O) groups excluding carboxylic acids is 1. The van der Waals surface area contributed by atoms with Gasteiger partial charge in [0.15, 0.2) is 12.6 Å². The summed E-state index contributed by atoms with van der Waals surface area (Å²) in [4.78, 5) is 23.1. The number of alkyl halides is 2. The number of carbonyl (C=O) groups is 2. The average molecular weight is 397 g/mol. The Morgan fingerprint density at radius 2 is 1.78 bits per heavy atom. The number of ether oxygens (including phenoxy) is 4. The quantitative estimate of drug-likeness (QED) is 0.314. The Hall–Kier alpha value is -1.94. The first-order chi connectivity index (χ1) is 12.3. The number of alkyl carbamates (subject to hydrolysis) is 1. The number of rotatable bonds is 11. The molecule has 0 saturated heterocycles. The monoisotopic (exact) mass is 397 g/mol. The van der Waals surface area contributed by atoms with Gasteiger partial charge in [0, 0.05) is 7.11 Å². The van der Waals surface area contributed by atoms with Crippen LogP contribution >= 0.6 is 0 Å². The van der Waals surface area contributed by atoms with Gasteiger partial charge < -0.3 is 29.4 Å². The van der Waals surface area contributed by atoms with Crippen molar-refractivity contribution < 1.29 is 42.4 Å². The number of methoxy groups -OCH3 is 1. The lowest BCUT2D eigenvalue weighted by Crippen LogP contribution is -2.54. The average Bonchev–Trinajstić information content (AvgIpc) is 2.48. The van der Waals surface area contributed by atoms with Crippen molar-refractivity contribution in [3.05, 3.63) is 11.8 Å². The first-order valence-electron chi connectivity index (χ1n) is 8.33. The lowest BCUT2D eigenvalue weighted by molar-refractivity contribution is -0.154. The molecular formula is C17H29F2NO7. The lowest BCUT2D eigenvalue weighted by Gasteiger charge is -2.28. The summed E-state index contributed by atoms with van der Waals surface area (Å²) in [5, 5.41) is 10.9. The Bertz CT molecular complexity index is 516. The van der Waals surface area contributed by atoms with Gasteiger partial charge in [-0.25, -0.2) is 9.59 Å². The summed E-state index contributed by atoms with van der Waals surface area (Å²) in [5.74, 6) is -7.28. The summed E-state index contributed by atoms with van der Waals surface area (Å²) >= 11 is 0. The van der Waals surface area contributed by atoms with Crippen molar-refractivity contribution in [2.24, 2.45) is 5.92 Å². The minimum absolute atomic E-state index is 0.107. The summed E-state index contributed by atoms with van der Waals surface area (Å²) in [5.41, 5.74) is -0.981. The minimum Gasteiger partial charge on any atom is -0.480 e. The molecular weight excluding hydrogens is 368 g/mol. The van der Waals surface area contributed by atoms with Crippen LogP contribution in [0.15, 0.2) is 11.8 Å². The largest absolute Gasteiger partial charge is 0.480 e. The SMILES string of the molecule is COCCOCO/C(=C\C(C)C)C(F)(F)C(NC(=O)OC(C)(C)C)C(=O)O. The molecule has 0 aromatic heterocycles. The zero-order valence-corrected chi connectivity index (χ0v) is 16.5. The molecule has 1 atom stereocenters. The van der Waals surface area contributed by atoms with E-state index in [9.17, 15) is 23.5 Å². The van der Waals surface area contributed by atoms with Crippen molar-refractivity contribution in [2.75, 3.05) is 27.1 Å². The Kier molecular flexibility index (Phi) is 10.2. The molecule has 0 rings (SSSR count). The number of hydrogen-bond donors (Lipinski definition) is 2. The Balaban J connectivity index is 5.36. The summed E-state index contributed by atoms with van der Waals surface area (Å²) in [6.07, 6.45) is -0.221. The van der Waals surface area contributed by atoms with Gasteiger partial charge in [0.25, 0.3) is 0 Å². The molecule has 0 heterocycles. The second kappa shape index (κ2) is 11.0. The molecule has 0 aliphatic carbocycles. The molecule has 0 radical (unpaired) electrons. The molecule has 1 unspecified atom stereocenters. The van der Waals surface area contributed by atoms with E-state index in [0.29, 0.717) is 0 Å². The van der Waals surface area contributed by atoms with E-state index in [0.717, 1.165) is 6.08 Å². The van der Waals surface area contributed by atoms with Crippen molar-refractivity contribution in [1.82, 2.24) is 5.32 Å². The molecule has 10 heteroatoms. The molecule has 0 spiro atoms. The third kappa shape index (κ3) is 10.1. The molecule has 0 aromatic carbocycles. The molecule has 2 N–H and O–H groups in total. The number of allylic oxidation sites excluding steroid dienone is 1. The van der Waals surface area contributed by atoms with E-state index >= 15 is 0 Å². The van der Waals surface area contributed by atoms with E-state index in [1.54, 1.807) is 19.2 Å². The van der Waals surface area contributed by atoms with Crippen LogP contribution in [-0.4, -0.2) is 61.9 Å². The normalized spacial score (nSPS) is 14.0. The molecule has 0 fully saturated rings. The Morgan fingerprint density at radius 1 is 1.19 bits per heavy atom. The number of aliphatic carboxylic acids is 1. The van der Waals surface area contributed by atoms with Gasteiger partial charge in [-0.1, -0.05) is 13.8 Å². The van der Waals surface area contributed by atoms with Crippen molar-refractivity contribution >= 4 is 12.1 Å². The van der Waals surface area contributed by atoms with Crippen LogP contribution in [0.5, 0.6) is 0 Å². The van der Waals surface area contributed by atoms with Gasteiger partial charge in [0.2, 0.25) is 6.04 Å². The van der Waals surface area contributed by atoms with Gasteiger partial charge in [-0.2, -0.15) is 8.78 Å². The second-order valence-electron chi connectivity index (χ2n) is 6.98. The zero-order chi connectivity index (χ0) is 21.3. The van der Waals surface area contributed by atoms with Crippen molar-refractivity contribution in [3.63, 3.8) is 0 Å².